The van der Waals surface area contributed by atoms with E-state index in [0.29, 0.717) is 35.4 Å². The quantitative estimate of drug-likeness (QED) is 0.594. The molecule has 8 nitrogen and oxygen atoms in total. The lowest BCUT2D eigenvalue weighted by Crippen LogP contribution is -2.47. The fraction of sp³-hybridized carbons (Fsp3) is 0.417. The first-order valence-electron chi connectivity index (χ1n) is 11.1. The molecule has 1 aliphatic carbocycles. The third-order valence-corrected chi connectivity index (χ3v) is 7.02. The highest BCUT2D eigenvalue weighted by Gasteiger charge is 2.38. The number of nitrogens with zero attached hydrogens (tertiary/aromatic N) is 4. The summed E-state index contributed by atoms with van der Waals surface area (Å²) in [5.41, 5.74) is 0.527. The van der Waals surface area contributed by atoms with Crippen molar-refractivity contribution in [2.75, 3.05) is 20.8 Å². The second kappa shape index (κ2) is 10.0. The van der Waals surface area contributed by atoms with Crippen molar-refractivity contribution in [3.63, 3.8) is 0 Å². The maximum absolute atomic E-state index is 13.1. The summed E-state index contributed by atoms with van der Waals surface area (Å²) in [6, 6.07) is 6.23. The van der Waals surface area contributed by atoms with Gasteiger partial charge in [0.1, 0.15) is 10.8 Å². The highest BCUT2D eigenvalue weighted by molar-refractivity contribution is 7.14. The minimum atomic E-state index is -0.620. The van der Waals surface area contributed by atoms with Gasteiger partial charge in [-0.15, -0.1) is 10.2 Å². The second-order valence-electron chi connectivity index (χ2n) is 8.55. The number of pyridine rings is 1. The molecule has 0 spiro atoms. The first kappa shape index (κ1) is 24.0. The zero-order valence-electron chi connectivity index (χ0n) is 19.3. The van der Waals surface area contributed by atoms with Gasteiger partial charge in [-0.3, -0.25) is 9.59 Å². The van der Waals surface area contributed by atoms with Gasteiger partial charge in [0, 0.05) is 46.0 Å². The molecule has 1 aliphatic heterocycles. The molecule has 1 amide bonds. The SMILES string of the molecule is CC(C1CC1)N1CCn2cc(-c3nnc(Cc4ccc(F)cc4)s3)c(=O)c(O)c2C1=O.COC. The zero-order chi connectivity index (χ0) is 24.4. The summed E-state index contributed by atoms with van der Waals surface area (Å²) in [7, 11) is 3.25. The average Bonchev–Trinajstić information content (AvgIpc) is 3.57. The van der Waals surface area contributed by atoms with Crippen molar-refractivity contribution in [1.29, 1.82) is 0 Å². The van der Waals surface area contributed by atoms with Crippen LogP contribution in [0, 0.1) is 11.7 Å². The van der Waals surface area contributed by atoms with Crippen LogP contribution < -0.4 is 5.43 Å². The lowest BCUT2D eigenvalue weighted by molar-refractivity contribution is 0.0604. The Bertz CT molecular complexity index is 1240. The van der Waals surface area contributed by atoms with Crippen molar-refractivity contribution in [2.24, 2.45) is 5.92 Å². The number of ether oxygens (including phenoxy) is 1. The minimum Gasteiger partial charge on any atom is -0.503 e. The zero-order valence-corrected chi connectivity index (χ0v) is 20.1. The average molecular weight is 487 g/mol. The highest BCUT2D eigenvalue weighted by atomic mass is 32.1. The van der Waals surface area contributed by atoms with Crippen LogP contribution in [0.4, 0.5) is 4.39 Å². The van der Waals surface area contributed by atoms with E-state index in [1.165, 1.54) is 23.5 Å². The van der Waals surface area contributed by atoms with Crippen LogP contribution in [0.3, 0.4) is 0 Å². The van der Waals surface area contributed by atoms with Gasteiger partial charge in [-0.2, -0.15) is 0 Å². The van der Waals surface area contributed by atoms with E-state index in [1.807, 2.05) is 6.92 Å². The van der Waals surface area contributed by atoms with E-state index in [9.17, 15) is 19.1 Å². The maximum Gasteiger partial charge on any atom is 0.274 e. The standard InChI is InChI=1S/C22H21FN4O3S.C2H6O/c1-12(14-4-5-14)27-9-8-26-11-16(19(28)20(29)18(26)22(27)30)21-25-24-17(31-21)10-13-2-6-15(23)7-3-13;1-3-2/h2-3,6-7,11-12,14,29H,4-5,8-10H2,1H3;1-2H3. The van der Waals surface area contributed by atoms with Crippen LogP contribution in [-0.4, -0.2) is 57.5 Å². The molecule has 0 radical (unpaired) electrons. The molecule has 0 bridgehead atoms. The topological polar surface area (TPSA) is 97.5 Å². The number of carbonyl (C=O) groups excluding carboxylic acids is 1. The molecule has 1 aromatic carbocycles. The molecule has 3 aromatic rings. The van der Waals surface area contributed by atoms with Crippen LogP contribution >= 0.6 is 11.3 Å². The van der Waals surface area contributed by atoms with Crippen molar-refractivity contribution in [3.8, 4) is 16.3 Å². The van der Waals surface area contributed by atoms with Gasteiger partial charge >= 0.3 is 0 Å². The van der Waals surface area contributed by atoms with Crippen LogP contribution in [-0.2, 0) is 17.7 Å². The number of aromatic nitrogens is 3. The number of hydrogen-bond acceptors (Lipinski definition) is 7. The maximum atomic E-state index is 13.1. The number of halogens is 1. The lowest BCUT2D eigenvalue weighted by Gasteiger charge is -2.35. The number of benzene rings is 1. The van der Waals surface area contributed by atoms with Gasteiger partial charge in [-0.1, -0.05) is 23.5 Å². The van der Waals surface area contributed by atoms with Gasteiger partial charge in [0.05, 0.1) is 5.56 Å². The molecule has 10 heteroatoms. The van der Waals surface area contributed by atoms with Crippen LogP contribution in [0.25, 0.3) is 10.6 Å². The molecular weight excluding hydrogens is 459 g/mol. The third-order valence-electron chi connectivity index (χ3n) is 6.06. The molecule has 5 rings (SSSR count). The molecule has 34 heavy (non-hydrogen) atoms. The summed E-state index contributed by atoms with van der Waals surface area (Å²) < 4.78 is 19.0. The molecule has 1 N–H and O–H groups in total. The molecule has 2 aromatic heterocycles. The van der Waals surface area contributed by atoms with E-state index in [1.54, 1.807) is 42.0 Å². The van der Waals surface area contributed by atoms with Gasteiger partial charge in [0.15, 0.2) is 16.5 Å². The summed E-state index contributed by atoms with van der Waals surface area (Å²) in [5, 5.41) is 19.9. The van der Waals surface area contributed by atoms with E-state index in [0.717, 1.165) is 18.4 Å². The fourth-order valence-electron chi connectivity index (χ4n) is 4.09. The van der Waals surface area contributed by atoms with E-state index >= 15 is 0 Å². The van der Waals surface area contributed by atoms with Crippen molar-refractivity contribution < 1.29 is 19.0 Å². The van der Waals surface area contributed by atoms with E-state index in [2.05, 4.69) is 14.9 Å². The second-order valence-corrected chi connectivity index (χ2v) is 9.61. The van der Waals surface area contributed by atoms with Crippen LogP contribution in [0.2, 0.25) is 0 Å². The van der Waals surface area contributed by atoms with Gasteiger partial charge in [0.2, 0.25) is 5.43 Å². The smallest absolute Gasteiger partial charge is 0.274 e. The fourth-order valence-corrected chi connectivity index (χ4v) is 4.97. The number of fused-ring (bicyclic) bond motifs is 1. The van der Waals surface area contributed by atoms with Crippen molar-refractivity contribution >= 4 is 17.2 Å². The number of aromatic hydroxyl groups is 1. The van der Waals surface area contributed by atoms with Crippen molar-refractivity contribution in [3.05, 3.63) is 62.8 Å². The highest BCUT2D eigenvalue weighted by Crippen LogP contribution is 2.37. The number of amides is 1. The van der Waals surface area contributed by atoms with Gasteiger partial charge in [0.25, 0.3) is 5.91 Å². The molecule has 180 valence electrons. The Kier molecular flexibility index (Phi) is 7.08. The third kappa shape index (κ3) is 4.88. The largest absolute Gasteiger partial charge is 0.503 e. The summed E-state index contributed by atoms with van der Waals surface area (Å²) in [6.45, 7) is 3.07. The minimum absolute atomic E-state index is 0.0450. The predicted octanol–water partition coefficient (Wildman–Crippen LogP) is 3.32. The first-order chi connectivity index (χ1) is 16.3. The molecule has 2 aliphatic rings. The summed E-state index contributed by atoms with van der Waals surface area (Å²) in [6.07, 6.45) is 4.28. The number of hydrogen-bond donors (Lipinski definition) is 1. The summed E-state index contributed by atoms with van der Waals surface area (Å²) in [4.78, 5) is 27.6. The van der Waals surface area contributed by atoms with Gasteiger partial charge in [-0.05, 0) is 43.4 Å². The Morgan fingerprint density at radius 2 is 1.85 bits per heavy atom. The number of methoxy groups -OCH3 is 1. The van der Waals surface area contributed by atoms with E-state index in [4.69, 9.17) is 0 Å². The molecule has 1 saturated carbocycles. The van der Waals surface area contributed by atoms with Gasteiger partial charge < -0.3 is 19.3 Å². The van der Waals surface area contributed by atoms with E-state index < -0.39 is 11.2 Å². The molecule has 3 heterocycles. The normalized spacial score (nSPS) is 16.0. The monoisotopic (exact) mass is 486 g/mol. The summed E-state index contributed by atoms with van der Waals surface area (Å²) >= 11 is 1.24. The Balaban J connectivity index is 0.000000868. The first-order valence-corrected chi connectivity index (χ1v) is 11.9. The molecule has 0 saturated heterocycles. The predicted molar refractivity (Wildman–Crippen MR) is 127 cm³/mol. The molecule has 1 unspecified atom stereocenters. The van der Waals surface area contributed by atoms with Crippen molar-refractivity contribution in [2.45, 2.75) is 38.8 Å². The molecular formula is C24H27FN4O4S. The van der Waals surface area contributed by atoms with Gasteiger partial charge in [-0.25, -0.2) is 4.39 Å². The Labute approximate surface area is 200 Å². The summed E-state index contributed by atoms with van der Waals surface area (Å²) in [5.74, 6) is -0.644. The molecule has 1 fully saturated rings. The molecule has 1 atom stereocenters. The Morgan fingerprint density at radius 3 is 2.50 bits per heavy atom. The van der Waals surface area contributed by atoms with Crippen molar-refractivity contribution in [1.82, 2.24) is 19.7 Å². The number of carbonyl (C=O) groups is 1. The Morgan fingerprint density at radius 1 is 1.18 bits per heavy atom. The van der Waals surface area contributed by atoms with Crippen LogP contribution in [0.5, 0.6) is 5.75 Å². The Hall–Kier alpha value is -3.11. The van der Waals surface area contributed by atoms with E-state index in [-0.39, 0.29) is 29.0 Å². The number of rotatable bonds is 5. The lowest BCUT2D eigenvalue weighted by atomic mass is 10.1. The van der Waals surface area contributed by atoms with Crippen LogP contribution in [0.1, 0.15) is 40.8 Å². The van der Waals surface area contributed by atoms with Crippen LogP contribution in [0.15, 0.2) is 35.3 Å².